The molecule has 1 aliphatic heterocycles. The summed E-state index contributed by atoms with van der Waals surface area (Å²) in [5, 5.41) is 19.5. The number of carbonyl (C=O) groups excluding carboxylic acids is 1. The number of nitrogens with zero attached hydrogens (tertiary/aromatic N) is 2. The summed E-state index contributed by atoms with van der Waals surface area (Å²) in [4.78, 5) is 15.6. The molecule has 0 bridgehead atoms. The Kier molecular flexibility index (Phi) is 5.02. The molecule has 0 atom stereocenters. The molecule has 0 unspecified atom stereocenters. The number of para-hydroxylation sites is 2. The molecule has 1 aliphatic rings. The lowest BCUT2D eigenvalue weighted by atomic mass is 10.0. The summed E-state index contributed by atoms with van der Waals surface area (Å²) in [7, 11) is 0. The number of rotatable bonds is 4. The van der Waals surface area contributed by atoms with E-state index in [1.54, 1.807) is 6.07 Å². The molecule has 2 heterocycles. The van der Waals surface area contributed by atoms with E-state index in [1.165, 1.54) is 11.8 Å². The molecule has 1 aromatic heterocycles. The number of aryl methyl sites for hydroxylation is 1. The van der Waals surface area contributed by atoms with E-state index in [1.807, 2.05) is 86.1 Å². The summed E-state index contributed by atoms with van der Waals surface area (Å²) in [6.45, 7) is 6.07. The van der Waals surface area contributed by atoms with Crippen LogP contribution in [0.3, 0.4) is 0 Å². The quantitative estimate of drug-likeness (QED) is 0.359. The minimum atomic E-state index is -0.196. The van der Waals surface area contributed by atoms with Crippen LogP contribution >= 0.6 is 11.8 Å². The summed E-state index contributed by atoms with van der Waals surface area (Å²) in [5.41, 5.74) is 4.26. The molecule has 6 heteroatoms. The smallest absolute Gasteiger partial charge is 0.231 e. The summed E-state index contributed by atoms with van der Waals surface area (Å²) < 4.78 is 1.89. The van der Waals surface area contributed by atoms with Gasteiger partial charge in [0.1, 0.15) is 17.1 Å². The summed E-state index contributed by atoms with van der Waals surface area (Å²) in [6.07, 6.45) is 0. The molecule has 5 nitrogen and oxygen atoms in total. The Morgan fingerprint density at radius 1 is 1.06 bits per heavy atom. The second-order valence-electron chi connectivity index (χ2n) is 8.18. The van der Waals surface area contributed by atoms with E-state index in [4.69, 9.17) is 5.10 Å². The molecule has 4 aromatic rings. The third kappa shape index (κ3) is 3.37. The molecule has 160 valence electrons. The zero-order valence-corrected chi connectivity index (χ0v) is 18.9. The van der Waals surface area contributed by atoms with Gasteiger partial charge in [0.2, 0.25) is 5.78 Å². The Bertz CT molecular complexity index is 1400. The number of ketones is 1. The molecule has 0 aliphatic carbocycles. The molecule has 0 saturated heterocycles. The van der Waals surface area contributed by atoms with Crippen molar-refractivity contribution < 1.29 is 9.90 Å². The normalized spacial score (nSPS) is 13.4. The van der Waals surface area contributed by atoms with Crippen LogP contribution in [0.5, 0.6) is 5.75 Å². The van der Waals surface area contributed by atoms with Gasteiger partial charge in [-0.25, -0.2) is 0 Å². The Hall–Kier alpha value is -3.51. The highest BCUT2D eigenvalue weighted by Crippen LogP contribution is 2.47. The van der Waals surface area contributed by atoms with Crippen LogP contribution < -0.4 is 5.32 Å². The lowest BCUT2D eigenvalue weighted by Crippen LogP contribution is -2.18. The monoisotopic (exact) mass is 441 g/mol. The lowest BCUT2D eigenvalue weighted by molar-refractivity contribution is 0.103. The zero-order valence-electron chi connectivity index (χ0n) is 18.1. The van der Waals surface area contributed by atoms with Crippen LogP contribution in [0.1, 0.15) is 41.5 Å². The van der Waals surface area contributed by atoms with Gasteiger partial charge in [-0.15, -0.1) is 0 Å². The number of carbonyl (C=O) groups is 1. The van der Waals surface area contributed by atoms with Crippen LogP contribution in [0.25, 0.3) is 15.8 Å². The van der Waals surface area contributed by atoms with Gasteiger partial charge in [-0.05, 0) is 51.1 Å². The largest absolute Gasteiger partial charge is 0.507 e. The molecule has 0 radical (unpaired) electrons. The first-order chi connectivity index (χ1) is 15.4. The number of Topliss-reactive ketones (excluding diaryl/α,β-unsaturated/α-hetero) is 1. The number of allylic oxidation sites excluding steroid dienone is 1. The second-order valence-corrected chi connectivity index (χ2v) is 9.23. The second kappa shape index (κ2) is 7.88. The van der Waals surface area contributed by atoms with Gasteiger partial charge in [0, 0.05) is 21.9 Å². The third-order valence-corrected chi connectivity index (χ3v) is 6.73. The van der Waals surface area contributed by atoms with E-state index in [9.17, 15) is 9.90 Å². The minimum Gasteiger partial charge on any atom is -0.507 e. The zero-order chi connectivity index (χ0) is 22.4. The van der Waals surface area contributed by atoms with Gasteiger partial charge in [0.15, 0.2) is 0 Å². The van der Waals surface area contributed by atoms with E-state index in [2.05, 4.69) is 5.32 Å². The van der Waals surface area contributed by atoms with Crippen LogP contribution in [0.4, 0.5) is 5.69 Å². The summed E-state index contributed by atoms with van der Waals surface area (Å²) in [5.74, 6) is -0.0549. The first-order valence-corrected chi connectivity index (χ1v) is 11.4. The van der Waals surface area contributed by atoms with Crippen LogP contribution in [-0.2, 0) is 0 Å². The fourth-order valence-electron chi connectivity index (χ4n) is 3.96. The Morgan fingerprint density at radius 3 is 2.62 bits per heavy atom. The first kappa shape index (κ1) is 20.4. The van der Waals surface area contributed by atoms with Crippen molar-refractivity contribution in [2.75, 3.05) is 5.32 Å². The number of hydrogen-bond acceptors (Lipinski definition) is 5. The number of hydrogen-bond donors (Lipinski definition) is 2. The maximum Gasteiger partial charge on any atom is 0.231 e. The van der Waals surface area contributed by atoms with Crippen LogP contribution in [0, 0.1) is 6.92 Å². The number of thioether (sulfide) groups is 1. The van der Waals surface area contributed by atoms with Crippen molar-refractivity contribution in [3.05, 3.63) is 89.2 Å². The molecule has 2 N–H and O–H groups in total. The van der Waals surface area contributed by atoms with E-state index >= 15 is 0 Å². The highest BCUT2D eigenvalue weighted by Gasteiger charge is 2.29. The van der Waals surface area contributed by atoms with Gasteiger partial charge in [-0.2, -0.15) is 5.10 Å². The number of phenols is 1. The molecule has 3 aromatic carbocycles. The Balaban J connectivity index is 1.73. The number of phenolic OH excluding ortho intramolecular Hbond substituents is 1. The highest BCUT2D eigenvalue weighted by atomic mass is 32.2. The van der Waals surface area contributed by atoms with Crippen molar-refractivity contribution >= 4 is 39.0 Å². The Labute approximate surface area is 190 Å². The average Bonchev–Trinajstić information content (AvgIpc) is 3.19. The third-order valence-electron chi connectivity index (χ3n) is 5.53. The SMILES string of the molecule is Cc1ccc(O)c(C2=C(C(=O)c3nn(C(C)C)c4ccccc34)Nc3ccccc3S2)c1. The first-order valence-electron chi connectivity index (χ1n) is 10.5. The molecule has 0 amide bonds. The summed E-state index contributed by atoms with van der Waals surface area (Å²) >= 11 is 1.48. The van der Waals surface area contributed by atoms with Gasteiger partial charge in [0.05, 0.1) is 16.1 Å². The van der Waals surface area contributed by atoms with Crippen LogP contribution in [0.2, 0.25) is 0 Å². The van der Waals surface area contributed by atoms with Gasteiger partial charge in [-0.3, -0.25) is 9.48 Å². The highest BCUT2D eigenvalue weighted by molar-refractivity contribution is 8.08. The molecular formula is C26H23N3O2S. The van der Waals surface area contributed by atoms with Crippen molar-refractivity contribution in [2.45, 2.75) is 31.7 Å². The number of fused-ring (bicyclic) bond motifs is 2. The van der Waals surface area contributed by atoms with Crippen LogP contribution in [-0.4, -0.2) is 20.7 Å². The average molecular weight is 442 g/mol. The van der Waals surface area contributed by atoms with Gasteiger partial charge < -0.3 is 10.4 Å². The van der Waals surface area contributed by atoms with E-state index in [-0.39, 0.29) is 17.6 Å². The standard InChI is InChI=1S/C26H23N3O2S/c1-15(2)29-20-10-6-4-8-17(20)23(28-29)25(31)24-26(18-14-16(3)12-13-21(18)30)32-22-11-7-5-9-19(22)27-24/h4-15,27,30H,1-3H3. The van der Waals surface area contributed by atoms with E-state index in [0.717, 1.165) is 27.0 Å². The minimum absolute atomic E-state index is 0.116. The molecule has 0 fully saturated rings. The summed E-state index contributed by atoms with van der Waals surface area (Å²) in [6, 6.07) is 21.2. The van der Waals surface area contributed by atoms with E-state index < -0.39 is 0 Å². The van der Waals surface area contributed by atoms with Crippen LogP contribution in [0.15, 0.2) is 77.3 Å². The number of aromatic nitrogens is 2. The van der Waals surface area contributed by atoms with Crippen molar-refractivity contribution in [1.82, 2.24) is 9.78 Å². The lowest BCUT2D eigenvalue weighted by Gasteiger charge is -2.24. The topological polar surface area (TPSA) is 67.1 Å². The predicted molar refractivity (Wildman–Crippen MR) is 130 cm³/mol. The van der Waals surface area contributed by atoms with Gasteiger partial charge in [-0.1, -0.05) is 53.7 Å². The fourth-order valence-corrected chi connectivity index (χ4v) is 5.08. The number of nitrogens with one attached hydrogen (secondary N) is 1. The molecule has 32 heavy (non-hydrogen) atoms. The van der Waals surface area contributed by atoms with Crippen molar-refractivity contribution in [3.8, 4) is 5.75 Å². The Morgan fingerprint density at radius 2 is 1.81 bits per heavy atom. The van der Waals surface area contributed by atoms with Gasteiger partial charge >= 0.3 is 0 Å². The van der Waals surface area contributed by atoms with Gasteiger partial charge in [0.25, 0.3) is 0 Å². The molecule has 5 rings (SSSR count). The number of benzene rings is 3. The molecular weight excluding hydrogens is 418 g/mol. The maximum absolute atomic E-state index is 13.9. The van der Waals surface area contributed by atoms with E-state index in [0.29, 0.717) is 21.9 Å². The molecule has 0 saturated carbocycles. The maximum atomic E-state index is 13.9. The van der Waals surface area contributed by atoms with Crippen molar-refractivity contribution in [2.24, 2.45) is 0 Å². The number of aromatic hydroxyl groups is 1. The molecule has 0 spiro atoms. The number of anilines is 1. The fraction of sp³-hybridized carbons (Fsp3) is 0.154. The predicted octanol–water partition coefficient (Wildman–Crippen LogP) is 6.40. The van der Waals surface area contributed by atoms with Crippen molar-refractivity contribution in [1.29, 1.82) is 0 Å². The van der Waals surface area contributed by atoms with Crippen molar-refractivity contribution in [3.63, 3.8) is 0 Å².